The van der Waals surface area contributed by atoms with Crippen molar-refractivity contribution < 1.29 is 23.1 Å². The first-order valence-corrected chi connectivity index (χ1v) is 6.63. The summed E-state index contributed by atoms with van der Waals surface area (Å²) in [5.41, 5.74) is 0.00283. The topological polar surface area (TPSA) is 55.4 Å². The molecule has 21 heavy (non-hydrogen) atoms. The minimum Gasteiger partial charge on any atom is -0.501 e. The van der Waals surface area contributed by atoms with E-state index in [9.17, 15) is 18.4 Å². The first kappa shape index (κ1) is 15.2. The van der Waals surface area contributed by atoms with Gasteiger partial charge in [-0.15, -0.1) is 0 Å². The highest BCUT2D eigenvalue weighted by atomic mass is 19.1. The van der Waals surface area contributed by atoms with Gasteiger partial charge in [0.1, 0.15) is 11.6 Å². The molecule has 2 rings (SSSR count). The molecule has 1 heterocycles. The molecule has 0 aromatic heterocycles. The molecule has 1 aliphatic rings. The Balaban J connectivity index is 2.29. The van der Waals surface area contributed by atoms with Gasteiger partial charge in [0.15, 0.2) is 0 Å². The van der Waals surface area contributed by atoms with E-state index in [1.807, 2.05) is 0 Å². The van der Waals surface area contributed by atoms with Gasteiger partial charge in [-0.1, -0.05) is 0 Å². The molecule has 0 unspecified atom stereocenters. The molecule has 1 fully saturated rings. The van der Waals surface area contributed by atoms with Crippen molar-refractivity contribution in [2.45, 2.75) is 25.7 Å². The van der Waals surface area contributed by atoms with Crippen LogP contribution in [0.15, 0.2) is 18.4 Å². The van der Waals surface area contributed by atoms with Crippen LogP contribution in [0.2, 0.25) is 0 Å². The van der Waals surface area contributed by atoms with E-state index in [1.165, 1.54) is 12.3 Å². The number of hydrogen-bond donors (Lipinski definition) is 1. The second kappa shape index (κ2) is 6.47. The predicted molar refractivity (Wildman–Crippen MR) is 72.1 cm³/mol. The number of halogens is 2. The van der Waals surface area contributed by atoms with Crippen molar-refractivity contribution in [1.29, 1.82) is 0 Å². The van der Waals surface area contributed by atoms with Crippen molar-refractivity contribution >= 4 is 17.9 Å². The van der Waals surface area contributed by atoms with Gasteiger partial charge in [0.25, 0.3) is 0 Å². The summed E-state index contributed by atoms with van der Waals surface area (Å²) < 4.78 is 33.2. The van der Waals surface area contributed by atoms with Crippen LogP contribution >= 0.6 is 0 Å². The van der Waals surface area contributed by atoms with Crippen LogP contribution in [0.4, 0.5) is 8.78 Å². The van der Waals surface area contributed by atoms with E-state index in [4.69, 9.17) is 4.74 Å². The normalized spacial score (nSPS) is 18.9. The molecule has 0 spiro atoms. The number of benzene rings is 1. The fourth-order valence-corrected chi connectivity index (χ4v) is 2.22. The molecule has 1 N–H and O–H groups in total. The first-order chi connectivity index (χ1) is 10.0. The number of amides is 2. The maximum atomic E-state index is 14.1. The summed E-state index contributed by atoms with van der Waals surface area (Å²) in [7, 11) is 0. The monoisotopic (exact) mass is 295 g/mol. The molecule has 1 atom stereocenters. The van der Waals surface area contributed by atoms with Gasteiger partial charge in [-0.05, 0) is 37.1 Å². The van der Waals surface area contributed by atoms with Crippen molar-refractivity contribution in [3.63, 3.8) is 0 Å². The molecule has 0 radical (unpaired) electrons. The molecule has 1 aromatic rings. The fourth-order valence-electron chi connectivity index (χ4n) is 2.22. The average Bonchev–Trinajstić information content (AvgIpc) is 2.41. The molecular formula is C15H15F2NO3. The van der Waals surface area contributed by atoms with Crippen LogP contribution in [0.5, 0.6) is 0 Å². The minimum atomic E-state index is -0.979. The quantitative estimate of drug-likeness (QED) is 0.686. The molecule has 112 valence electrons. The van der Waals surface area contributed by atoms with E-state index in [-0.39, 0.29) is 18.4 Å². The van der Waals surface area contributed by atoms with E-state index in [0.29, 0.717) is 12.2 Å². The van der Waals surface area contributed by atoms with E-state index in [1.54, 1.807) is 6.92 Å². The summed E-state index contributed by atoms with van der Waals surface area (Å²) in [5.74, 6) is -3.68. The molecular weight excluding hydrogens is 280 g/mol. The van der Waals surface area contributed by atoms with E-state index >= 15 is 0 Å². The maximum absolute atomic E-state index is 14.1. The molecule has 0 saturated carbocycles. The Morgan fingerprint density at radius 3 is 2.57 bits per heavy atom. The van der Waals surface area contributed by atoms with Crippen molar-refractivity contribution in [1.82, 2.24) is 5.32 Å². The number of carbonyl (C=O) groups excluding carboxylic acids is 2. The maximum Gasteiger partial charge on any atom is 0.234 e. The van der Waals surface area contributed by atoms with Crippen molar-refractivity contribution in [2.24, 2.45) is 0 Å². The van der Waals surface area contributed by atoms with Gasteiger partial charge in [0, 0.05) is 12.0 Å². The van der Waals surface area contributed by atoms with Crippen LogP contribution in [-0.2, 0) is 14.3 Å². The third-order valence-corrected chi connectivity index (χ3v) is 3.21. The highest BCUT2D eigenvalue weighted by Gasteiger charge is 2.32. The SMILES string of the molecule is CCOC=Cc1cc(F)c([C@H]2CCC(=O)NC2=O)c(F)c1. The van der Waals surface area contributed by atoms with Gasteiger partial charge in [-0.3, -0.25) is 14.9 Å². The zero-order chi connectivity index (χ0) is 15.4. The second-order valence-electron chi connectivity index (χ2n) is 4.66. The van der Waals surface area contributed by atoms with Crippen molar-refractivity contribution in [3.05, 3.63) is 41.2 Å². The summed E-state index contributed by atoms with van der Waals surface area (Å²) in [6.45, 7) is 2.24. The Bertz CT molecular complexity index is 576. The summed E-state index contributed by atoms with van der Waals surface area (Å²) in [4.78, 5) is 22.8. The molecule has 4 nitrogen and oxygen atoms in total. The van der Waals surface area contributed by atoms with Crippen LogP contribution in [0, 0.1) is 11.6 Å². The first-order valence-electron chi connectivity index (χ1n) is 6.63. The number of nitrogens with one attached hydrogen (secondary N) is 1. The number of piperidine rings is 1. The Labute approximate surface area is 120 Å². The average molecular weight is 295 g/mol. The van der Waals surface area contributed by atoms with E-state index in [2.05, 4.69) is 5.32 Å². The number of rotatable bonds is 4. The number of hydrogen-bond acceptors (Lipinski definition) is 3. The second-order valence-corrected chi connectivity index (χ2v) is 4.66. The zero-order valence-corrected chi connectivity index (χ0v) is 11.5. The van der Waals surface area contributed by atoms with Gasteiger partial charge < -0.3 is 4.74 Å². The molecule has 0 aliphatic carbocycles. The largest absolute Gasteiger partial charge is 0.501 e. The van der Waals surface area contributed by atoms with Crippen LogP contribution in [-0.4, -0.2) is 18.4 Å². The summed E-state index contributed by atoms with van der Waals surface area (Å²) in [5, 5.41) is 2.09. The highest BCUT2D eigenvalue weighted by molar-refractivity contribution is 6.01. The third-order valence-electron chi connectivity index (χ3n) is 3.21. The lowest BCUT2D eigenvalue weighted by Crippen LogP contribution is -2.40. The van der Waals surface area contributed by atoms with E-state index < -0.39 is 29.4 Å². The molecule has 1 aromatic carbocycles. The van der Waals surface area contributed by atoms with Crippen molar-refractivity contribution in [3.8, 4) is 0 Å². The van der Waals surface area contributed by atoms with Crippen LogP contribution < -0.4 is 5.32 Å². The zero-order valence-electron chi connectivity index (χ0n) is 11.5. The summed E-state index contributed by atoms with van der Waals surface area (Å²) >= 11 is 0. The summed E-state index contributed by atoms with van der Waals surface area (Å²) in [6, 6.07) is 2.27. The Hall–Kier alpha value is -2.24. The van der Waals surface area contributed by atoms with Crippen LogP contribution in [0.3, 0.4) is 0 Å². The molecule has 0 bridgehead atoms. The number of imide groups is 1. The van der Waals surface area contributed by atoms with Gasteiger partial charge in [-0.2, -0.15) is 0 Å². The number of carbonyl (C=O) groups is 2. The molecule has 6 heteroatoms. The van der Waals surface area contributed by atoms with Gasteiger partial charge in [0.05, 0.1) is 18.8 Å². The molecule has 1 saturated heterocycles. The minimum absolute atomic E-state index is 0.0707. The Morgan fingerprint density at radius 2 is 2.00 bits per heavy atom. The predicted octanol–water partition coefficient (Wildman–Crippen LogP) is 2.49. The lowest BCUT2D eigenvalue weighted by molar-refractivity contribution is -0.134. The lowest BCUT2D eigenvalue weighted by atomic mass is 9.89. The molecule has 2 amide bonds. The smallest absolute Gasteiger partial charge is 0.234 e. The van der Waals surface area contributed by atoms with Gasteiger partial charge in [0.2, 0.25) is 11.8 Å². The van der Waals surface area contributed by atoms with Crippen molar-refractivity contribution in [2.75, 3.05) is 6.61 Å². The van der Waals surface area contributed by atoms with E-state index in [0.717, 1.165) is 12.1 Å². The lowest BCUT2D eigenvalue weighted by Gasteiger charge is -2.22. The third kappa shape index (κ3) is 3.45. The van der Waals surface area contributed by atoms with Gasteiger partial charge >= 0.3 is 0 Å². The fraction of sp³-hybridized carbons (Fsp3) is 0.333. The number of ether oxygens (including phenoxy) is 1. The standard InChI is InChI=1S/C15H15F2NO3/c1-2-21-6-5-9-7-11(16)14(12(17)8-9)10-3-4-13(19)18-15(10)20/h5-8,10H,2-4H2,1H3,(H,18,19,20)/t10-/m1/s1. The Morgan fingerprint density at radius 1 is 1.33 bits per heavy atom. The van der Waals surface area contributed by atoms with Gasteiger partial charge in [-0.25, -0.2) is 8.78 Å². The molecule has 1 aliphatic heterocycles. The highest BCUT2D eigenvalue weighted by Crippen LogP contribution is 2.30. The van der Waals surface area contributed by atoms with Crippen LogP contribution in [0.1, 0.15) is 36.8 Å². The van der Waals surface area contributed by atoms with Crippen LogP contribution in [0.25, 0.3) is 6.08 Å². The Kier molecular flexibility index (Phi) is 4.67. The summed E-state index contributed by atoms with van der Waals surface area (Å²) in [6.07, 6.45) is 2.96.